The van der Waals surface area contributed by atoms with Crippen LogP contribution >= 0.6 is 0 Å². The molecule has 1 aliphatic rings. The summed E-state index contributed by atoms with van der Waals surface area (Å²) in [6, 6.07) is 15.3. The van der Waals surface area contributed by atoms with E-state index in [-0.39, 0.29) is 18.3 Å². The molecule has 0 radical (unpaired) electrons. The molecule has 25 heavy (non-hydrogen) atoms. The number of rotatable bonds is 5. The second-order valence-electron chi connectivity index (χ2n) is 6.31. The molecule has 2 aromatic rings. The van der Waals surface area contributed by atoms with Crippen molar-refractivity contribution in [1.29, 1.82) is 0 Å². The Kier molecular flexibility index (Phi) is 5.17. The Balaban J connectivity index is 1.70. The summed E-state index contributed by atoms with van der Waals surface area (Å²) in [6.07, 6.45) is 1.99. The Labute approximate surface area is 148 Å². The van der Waals surface area contributed by atoms with Crippen molar-refractivity contribution in [2.24, 2.45) is 5.92 Å². The van der Waals surface area contributed by atoms with Gasteiger partial charge in [0, 0.05) is 18.7 Å². The number of nitrogens with zero attached hydrogens (tertiary/aromatic N) is 1. The van der Waals surface area contributed by atoms with E-state index in [9.17, 15) is 9.59 Å². The van der Waals surface area contributed by atoms with Crippen molar-refractivity contribution in [3.05, 3.63) is 59.7 Å². The molecular weight excluding hydrogens is 314 g/mol. The number of carbonyl (C=O) groups is 2. The van der Waals surface area contributed by atoms with Gasteiger partial charge in [-0.1, -0.05) is 44.2 Å². The standard InChI is InChI=1S/C21H23NO3/c1-3-15-9-11-18(12-10-15)25-21(24)17-13-20(23)22(14-17)19-8-6-5-7-16(19)4-2/h5-12,17H,3-4,13-14H2,1-2H3/t17-/m0/s1. The third-order valence-corrected chi connectivity index (χ3v) is 4.67. The molecule has 0 saturated carbocycles. The van der Waals surface area contributed by atoms with E-state index >= 15 is 0 Å². The summed E-state index contributed by atoms with van der Waals surface area (Å²) < 4.78 is 5.47. The monoisotopic (exact) mass is 337 g/mol. The maximum atomic E-state index is 12.4. The number of anilines is 1. The Hall–Kier alpha value is -2.62. The van der Waals surface area contributed by atoms with Crippen LogP contribution in [0.1, 0.15) is 31.4 Å². The molecule has 2 aromatic carbocycles. The predicted octanol–water partition coefficient (Wildman–Crippen LogP) is 3.77. The molecule has 1 aliphatic heterocycles. The Bertz CT molecular complexity index is 767. The summed E-state index contributed by atoms with van der Waals surface area (Å²) in [7, 11) is 0. The first kappa shape index (κ1) is 17.2. The molecule has 0 aromatic heterocycles. The van der Waals surface area contributed by atoms with Crippen LogP contribution in [0.3, 0.4) is 0 Å². The smallest absolute Gasteiger partial charge is 0.316 e. The van der Waals surface area contributed by atoms with Gasteiger partial charge in [-0.05, 0) is 42.2 Å². The number of esters is 1. The molecule has 0 N–H and O–H groups in total. The molecular formula is C21H23NO3. The first-order valence-corrected chi connectivity index (χ1v) is 8.81. The minimum absolute atomic E-state index is 0.0239. The zero-order chi connectivity index (χ0) is 17.8. The van der Waals surface area contributed by atoms with Crippen LogP contribution in [0.5, 0.6) is 5.75 Å². The fourth-order valence-electron chi connectivity index (χ4n) is 3.16. The van der Waals surface area contributed by atoms with Gasteiger partial charge in [0.2, 0.25) is 5.91 Å². The number of benzene rings is 2. The number of ether oxygens (including phenoxy) is 1. The quantitative estimate of drug-likeness (QED) is 0.616. The van der Waals surface area contributed by atoms with E-state index in [0.717, 1.165) is 24.1 Å². The molecule has 1 heterocycles. The fraction of sp³-hybridized carbons (Fsp3) is 0.333. The molecule has 0 aliphatic carbocycles. The number of hydrogen-bond acceptors (Lipinski definition) is 3. The first-order chi connectivity index (χ1) is 12.1. The number of aryl methyl sites for hydroxylation is 2. The third-order valence-electron chi connectivity index (χ3n) is 4.67. The zero-order valence-electron chi connectivity index (χ0n) is 14.7. The summed E-state index contributed by atoms with van der Waals surface area (Å²) >= 11 is 0. The van der Waals surface area contributed by atoms with Crippen LogP contribution in [-0.4, -0.2) is 18.4 Å². The van der Waals surface area contributed by atoms with E-state index < -0.39 is 5.92 Å². The van der Waals surface area contributed by atoms with Gasteiger partial charge in [0.25, 0.3) is 0 Å². The molecule has 0 bridgehead atoms. The van der Waals surface area contributed by atoms with Gasteiger partial charge in [0.15, 0.2) is 0 Å². The van der Waals surface area contributed by atoms with E-state index in [1.807, 2.05) is 36.4 Å². The normalized spacial score (nSPS) is 17.0. The van der Waals surface area contributed by atoms with Gasteiger partial charge >= 0.3 is 5.97 Å². The van der Waals surface area contributed by atoms with E-state index in [0.29, 0.717) is 12.3 Å². The van der Waals surface area contributed by atoms with Gasteiger partial charge in [-0.25, -0.2) is 0 Å². The van der Waals surface area contributed by atoms with Crippen molar-refractivity contribution in [3.8, 4) is 5.75 Å². The van der Waals surface area contributed by atoms with E-state index in [1.54, 1.807) is 17.0 Å². The summed E-state index contributed by atoms with van der Waals surface area (Å²) in [4.78, 5) is 26.6. The molecule has 0 unspecified atom stereocenters. The summed E-state index contributed by atoms with van der Waals surface area (Å²) in [6.45, 7) is 4.51. The first-order valence-electron chi connectivity index (χ1n) is 8.81. The molecule has 4 heteroatoms. The number of hydrogen-bond donors (Lipinski definition) is 0. The average Bonchev–Trinajstić information content (AvgIpc) is 3.04. The van der Waals surface area contributed by atoms with Crippen LogP contribution in [0.15, 0.2) is 48.5 Å². The minimum Gasteiger partial charge on any atom is -0.426 e. The van der Waals surface area contributed by atoms with Crippen molar-refractivity contribution in [1.82, 2.24) is 0 Å². The predicted molar refractivity (Wildman–Crippen MR) is 97.7 cm³/mol. The molecule has 3 rings (SSSR count). The highest BCUT2D eigenvalue weighted by Gasteiger charge is 2.37. The maximum absolute atomic E-state index is 12.4. The highest BCUT2D eigenvalue weighted by Crippen LogP contribution is 2.29. The van der Waals surface area contributed by atoms with Crippen molar-refractivity contribution >= 4 is 17.6 Å². The zero-order valence-corrected chi connectivity index (χ0v) is 14.7. The average molecular weight is 337 g/mol. The van der Waals surface area contributed by atoms with E-state index in [1.165, 1.54) is 5.56 Å². The second-order valence-corrected chi connectivity index (χ2v) is 6.31. The van der Waals surface area contributed by atoms with Gasteiger partial charge in [0.05, 0.1) is 5.92 Å². The topological polar surface area (TPSA) is 46.6 Å². The lowest BCUT2D eigenvalue weighted by molar-refractivity contribution is -0.139. The van der Waals surface area contributed by atoms with Crippen molar-refractivity contribution in [3.63, 3.8) is 0 Å². The molecule has 1 atom stereocenters. The summed E-state index contributed by atoms with van der Waals surface area (Å²) in [5.74, 6) is -0.261. The molecule has 0 spiro atoms. The second kappa shape index (κ2) is 7.51. The molecule has 1 amide bonds. The Morgan fingerprint density at radius 2 is 1.80 bits per heavy atom. The lowest BCUT2D eigenvalue weighted by Crippen LogP contribution is -2.28. The van der Waals surface area contributed by atoms with Gasteiger partial charge in [0.1, 0.15) is 5.75 Å². The number of amides is 1. The number of para-hydroxylation sites is 1. The van der Waals surface area contributed by atoms with Crippen LogP contribution < -0.4 is 9.64 Å². The van der Waals surface area contributed by atoms with Crippen LogP contribution in [0, 0.1) is 5.92 Å². The van der Waals surface area contributed by atoms with E-state index in [4.69, 9.17) is 4.74 Å². The summed E-state index contributed by atoms with van der Waals surface area (Å²) in [5.41, 5.74) is 3.20. The van der Waals surface area contributed by atoms with Gasteiger partial charge < -0.3 is 9.64 Å². The van der Waals surface area contributed by atoms with Gasteiger partial charge in [-0.2, -0.15) is 0 Å². The fourth-order valence-corrected chi connectivity index (χ4v) is 3.16. The number of carbonyl (C=O) groups excluding carboxylic acids is 2. The summed E-state index contributed by atoms with van der Waals surface area (Å²) in [5, 5.41) is 0. The highest BCUT2D eigenvalue weighted by atomic mass is 16.5. The van der Waals surface area contributed by atoms with Crippen molar-refractivity contribution in [2.45, 2.75) is 33.1 Å². The lowest BCUT2D eigenvalue weighted by atomic mass is 10.1. The molecule has 4 nitrogen and oxygen atoms in total. The Morgan fingerprint density at radius 1 is 1.08 bits per heavy atom. The molecule has 130 valence electrons. The van der Waals surface area contributed by atoms with Crippen molar-refractivity contribution in [2.75, 3.05) is 11.4 Å². The van der Waals surface area contributed by atoms with Crippen molar-refractivity contribution < 1.29 is 14.3 Å². The molecule has 1 fully saturated rings. The third kappa shape index (κ3) is 3.73. The molecule has 1 saturated heterocycles. The Morgan fingerprint density at radius 3 is 2.48 bits per heavy atom. The van der Waals surface area contributed by atoms with Crippen LogP contribution in [0.25, 0.3) is 0 Å². The SMILES string of the molecule is CCc1ccc(OC(=O)[C@H]2CC(=O)N(c3ccccc3CC)C2)cc1. The largest absolute Gasteiger partial charge is 0.426 e. The van der Waals surface area contributed by atoms with Crippen LogP contribution in [0.2, 0.25) is 0 Å². The van der Waals surface area contributed by atoms with E-state index in [2.05, 4.69) is 13.8 Å². The minimum atomic E-state index is -0.428. The highest BCUT2D eigenvalue weighted by molar-refractivity contribution is 6.00. The van der Waals surface area contributed by atoms with Gasteiger partial charge in [-0.3, -0.25) is 9.59 Å². The van der Waals surface area contributed by atoms with Crippen LogP contribution in [0.4, 0.5) is 5.69 Å². The van der Waals surface area contributed by atoms with Gasteiger partial charge in [-0.15, -0.1) is 0 Å². The maximum Gasteiger partial charge on any atom is 0.316 e. The van der Waals surface area contributed by atoms with Crippen LogP contribution in [-0.2, 0) is 22.4 Å². The lowest BCUT2D eigenvalue weighted by Gasteiger charge is -2.19.